The summed E-state index contributed by atoms with van der Waals surface area (Å²) < 4.78 is 0. The van der Waals surface area contributed by atoms with Crippen LogP contribution >= 0.6 is 11.8 Å². The third-order valence-electron chi connectivity index (χ3n) is 4.57. The Morgan fingerprint density at radius 3 is 2.89 bits per heavy atom. The van der Waals surface area contributed by atoms with E-state index in [1.807, 2.05) is 11.8 Å². The zero-order chi connectivity index (χ0) is 12.6. The molecule has 1 heterocycles. The SMILES string of the molecule is CC1(C)CCSc2ccc(C3[CH]CCCC3)cc21. The van der Waals surface area contributed by atoms with Gasteiger partial charge in [0.25, 0.3) is 0 Å². The Hall–Kier alpha value is -0.430. The van der Waals surface area contributed by atoms with Crippen LogP contribution in [0.15, 0.2) is 23.1 Å². The second-order valence-corrected chi connectivity index (χ2v) is 7.50. The summed E-state index contributed by atoms with van der Waals surface area (Å²) in [6.45, 7) is 4.81. The molecule has 1 heteroatoms. The maximum Gasteiger partial charge on any atom is 0.0110 e. The van der Waals surface area contributed by atoms with Gasteiger partial charge in [0.15, 0.2) is 0 Å². The molecule has 1 atom stereocenters. The molecule has 1 aromatic carbocycles. The highest BCUT2D eigenvalue weighted by atomic mass is 32.2. The minimum Gasteiger partial charge on any atom is -0.126 e. The Morgan fingerprint density at radius 1 is 1.22 bits per heavy atom. The van der Waals surface area contributed by atoms with Crippen LogP contribution in [0.4, 0.5) is 0 Å². The van der Waals surface area contributed by atoms with Crippen LogP contribution in [0.5, 0.6) is 0 Å². The predicted octanol–water partition coefficient (Wildman–Crippen LogP) is 5.32. The molecule has 0 N–H and O–H groups in total. The van der Waals surface area contributed by atoms with Crippen LogP contribution in [0.2, 0.25) is 0 Å². The molecular formula is C17H23S. The second-order valence-electron chi connectivity index (χ2n) is 6.36. The lowest BCUT2D eigenvalue weighted by Crippen LogP contribution is -2.23. The summed E-state index contributed by atoms with van der Waals surface area (Å²) >= 11 is 2.04. The van der Waals surface area contributed by atoms with E-state index in [1.165, 1.54) is 42.8 Å². The molecular weight excluding hydrogens is 236 g/mol. The molecule has 18 heavy (non-hydrogen) atoms. The lowest BCUT2D eigenvalue weighted by Gasteiger charge is -2.33. The molecule has 0 nitrogen and oxygen atoms in total. The third-order valence-corrected chi connectivity index (χ3v) is 5.64. The topological polar surface area (TPSA) is 0 Å². The maximum atomic E-state index is 2.54. The van der Waals surface area contributed by atoms with Crippen LogP contribution in [0.1, 0.15) is 63.0 Å². The van der Waals surface area contributed by atoms with Gasteiger partial charge in [0.1, 0.15) is 0 Å². The van der Waals surface area contributed by atoms with Gasteiger partial charge in [-0.25, -0.2) is 0 Å². The van der Waals surface area contributed by atoms with Crippen molar-refractivity contribution in [3.05, 3.63) is 35.7 Å². The lowest BCUT2D eigenvalue weighted by molar-refractivity contribution is 0.489. The van der Waals surface area contributed by atoms with Gasteiger partial charge in [0.2, 0.25) is 0 Å². The van der Waals surface area contributed by atoms with Crippen molar-refractivity contribution < 1.29 is 0 Å². The molecule has 97 valence electrons. The van der Waals surface area contributed by atoms with Gasteiger partial charge in [-0.15, -0.1) is 11.8 Å². The number of hydrogen-bond donors (Lipinski definition) is 0. The third kappa shape index (κ3) is 2.34. The van der Waals surface area contributed by atoms with Crippen molar-refractivity contribution in [2.24, 2.45) is 0 Å². The fourth-order valence-electron chi connectivity index (χ4n) is 3.23. The summed E-state index contributed by atoms with van der Waals surface area (Å²) in [7, 11) is 0. The normalized spacial score (nSPS) is 23.7. The Labute approximate surface area is 116 Å². The molecule has 0 saturated heterocycles. The van der Waals surface area contributed by atoms with Crippen molar-refractivity contribution in [3.8, 4) is 0 Å². The highest BCUT2D eigenvalue weighted by Crippen LogP contribution is 2.43. The fourth-order valence-corrected chi connectivity index (χ4v) is 4.72. The van der Waals surface area contributed by atoms with Crippen LogP contribution in [0, 0.1) is 6.42 Å². The average Bonchev–Trinajstić information content (AvgIpc) is 2.39. The Bertz CT molecular complexity index is 427. The monoisotopic (exact) mass is 259 g/mol. The summed E-state index contributed by atoms with van der Waals surface area (Å²) in [6, 6.07) is 7.26. The quantitative estimate of drug-likeness (QED) is 0.657. The first-order valence-corrected chi connectivity index (χ1v) is 8.26. The number of benzene rings is 1. The summed E-state index contributed by atoms with van der Waals surface area (Å²) in [5.74, 6) is 1.99. The number of thioether (sulfide) groups is 1. The Kier molecular flexibility index (Phi) is 3.44. The first kappa shape index (κ1) is 12.6. The molecule has 1 fully saturated rings. The van der Waals surface area contributed by atoms with Crippen molar-refractivity contribution in [2.75, 3.05) is 5.75 Å². The van der Waals surface area contributed by atoms with E-state index in [-0.39, 0.29) is 0 Å². The zero-order valence-electron chi connectivity index (χ0n) is 11.5. The highest BCUT2D eigenvalue weighted by molar-refractivity contribution is 7.99. The van der Waals surface area contributed by atoms with Crippen LogP contribution in [0.3, 0.4) is 0 Å². The summed E-state index contributed by atoms with van der Waals surface area (Å²) in [6.07, 6.45) is 9.29. The van der Waals surface area contributed by atoms with Crippen LogP contribution in [-0.2, 0) is 5.41 Å². The zero-order valence-corrected chi connectivity index (χ0v) is 12.4. The molecule has 0 bridgehead atoms. The second kappa shape index (κ2) is 4.92. The van der Waals surface area contributed by atoms with Crippen LogP contribution in [-0.4, -0.2) is 5.75 Å². The smallest absolute Gasteiger partial charge is 0.0110 e. The summed E-state index contributed by atoms with van der Waals surface area (Å²) in [5.41, 5.74) is 3.52. The van der Waals surface area contributed by atoms with Crippen LogP contribution < -0.4 is 0 Å². The van der Waals surface area contributed by atoms with E-state index in [0.29, 0.717) is 11.3 Å². The average molecular weight is 259 g/mol. The molecule has 1 saturated carbocycles. The molecule has 0 aromatic heterocycles. The van der Waals surface area contributed by atoms with E-state index in [4.69, 9.17) is 0 Å². The van der Waals surface area contributed by atoms with Crippen molar-refractivity contribution in [2.45, 2.75) is 62.2 Å². The summed E-state index contributed by atoms with van der Waals surface area (Å²) in [4.78, 5) is 1.52. The molecule has 1 unspecified atom stereocenters. The van der Waals surface area contributed by atoms with Crippen molar-refractivity contribution in [1.82, 2.24) is 0 Å². The predicted molar refractivity (Wildman–Crippen MR) is 80.3 cm³/mol. The van der Waals surface area contributed by atoms with Gasteiger partial charge in [-0.2, -0.15) is 0 Å². The lowest BCUT2D eigenvalue weighted by atomic mass is 9.78. The molecule has 0 spiro atoms. The first-order chi connectivity index (χ1) is 8.67. The van der Waals surface area contributed by atoms with Crippen LogP contribution in [0.25, 0.3) is 0 Å². The highest BCUT2D eigenvalue weighted by Gasteiger charge is 2.28. The van der Waals surface area contributed by atoms with E-state index >= 15 is 0 Å². The van der Waals surface area contributed by atoms with E-state index in [2.05, 4.69) is 38.5 Å². The van der Waals surface area contributed by atoms with Crippen molar-refractivity contribution in [1.29, 1.82) is 0 Å². The Balaban J connectivity index is 1.93. The summed E-state index contributed by atoms with van der Waals surface area (Å²) in [5, 5.41) is 0. The molecule has 1 aliphatic carbocycles. The fraction of sp³-hybridized carbons (Fsp3) is 0.588. The van der Waals surface area contributed by atoms with E-state index in [1.54, 1.807) is 11.1 Å². The van der Waals surface area contributed by atoms with Crippen molar-refractivity contribution in [3.63, 3.8) is 0 Å². The molecule has 2 aliphatic rings. The molecule has 1 radical (unpaired) electrons. The van der Waals surface area contributed by atoms with Gasteiger partial charge in [0, 0.05) is 4.90 Å². The maximum absolute atomic E-state index is 2.54. The van der Waals surface area contributed by atoms with Gasteiger partial charge in [-0.1, -0.05) is 38.8 Å². The van der Waals surface area contributed by atoms with Gasteiger partial charge in [-0.05, 0) is 60.0 Å². The number of rotatable bonds is 1. The van der Waals surface area contributed by atoms with Gasteiger partial charge >= 0.3 is 0 Å². The minimum absolute atomic E-state index is 0.366. The van der Waals surface area contributed by atoms with E-state index in [0.717, 1.165) is 0 Å². The number of fused-ring (bicyclic) bond motifs is 1. The molecule has 1 aliphatic heterocycles. The van der Waals surface area contributed by atoms with Gasteiger partial charge < -0.3 is 0 Å². The molecule has 3 rings (SSSR count). The standard InChI is InChI=1S/C17H23S/c1-17(2)10-11-18-16-9-8-14(12-15(16)17)13-6-4-3-5-7-13/h6,8-9,12-13H,3-5,7,10-11H2,1-2H3. The Morgan fingerprint density at radius 2 is 2.11 bits per heavy atom. The van der Waals surface area contributed by atoms with Gasteiger partial charge in [-0.3, -0.25) is 0 Å². The number of hydrogen-bond acceptors (Lipinski definition) is 1. The first-order valence-electron chi connectivity index (χ1n) is 7.27. The molecule has 1 aromatic rings. The van der Waals surface area contributed by atoms with E-state index in [9.17, 15) is 0 Å². The largest absolute Gasteiger partial charge is 0.126 e. The van der Waals surface area contributed by atoms with Gasteiger partial charge in [0.05, 0.1) is 0 Å². The van der Waals surface area contributed by atoms with Crippen molar-refractivity contribution >= 4 is 11.8 Å². The molecule has 0 amide bonds. The van der Waals surface area contributed by atoms with E-state index < -0.39 is 0 Å². The minimum atomic E-state index is 0.366.